The van der Waals surface area contributed by atoms with Crippen LogP contribution in [0, 0.1) is 11.3 Å². The highest BCUT2D eigenvalue weighted by Crippen LogP contribution is 2.33. The number of hydrogen-bond acceptors (Lipinski definition) is 8. The van der Waals surface area contributed by atoms with E-state index in [1.165, 1.54) is 24.3 Å². The third-order valence-corrected chi connectivity index (χ3v) is 4.05. The van der Waals surface area contributed by atoms with Crippen molar-refractivity contribution in [2.75, 3.05) is 0 Å². The van der Waals surface area contributed by atoms with Gasteiger partial charge < -0.3 is 10.8 Å². The van der Waals surface area contributed by atoms with Crippen molar-refractivity contribution in [3.63, 3.8) is 0 Å². The van der Waals surface area contributed by atoms with Crippen LogP contribution in [0.1, 0.15) is 15.9 Å². The number of carbonyl (C=O) groups is 1. The van der Waals surface area contributed by atoms with Gasteiger partial charge in [-0.2, -0.15) is 9.64 Å². The highest BCUT2D eigenvalue weighted by molar-refractivity contribution is 7.11. The number of carbonyl (C=O) groups excluding carboxylic acids is 1. The number of halogens is 1. The predicted octanol–water partition coefficient (Wildman–Crippen LogP) is 3.44. The smallest absolute Gasteiger partial charge is 0.252 e. The monoisotopic (exact) mass is 358 g/mol. The number of amides is 1. The summed E-state index contributed by atoms with van der Waals surface area (Å²) in [5.41, 5.74) is 6.01. The van der Waals surface area contributed by atoms with Crippen LogP contribution < -0.4 is 5.73 Å². The molecule has 3 aromatic rings. The average Bonchev–Trinajstić information content (AvgIpc) is 2.94. The van der Waals surface area contributed by atoms with Gasteiger partial charge in [0, 0.05) is 0 Å². The molecule has 8 nitrogen and oxygen atoms in total. The molecule has 0 saturated heterocycles. The van der Waals surface area contributed by atoms with Crippen molar-refractivity contribution >= 4 is 50.8 Å². The van der Waals surface area contributed by atoms with Crippen molar-refractivity contribution in [1.82, 2.24) is 9.36 Å². The lowest BCUT2D eigenvalue weighted by atomic mass is 10.2. The fraction of sp³-hybridized carbons (Fsp3) is 0. The maximum absolute atomic E-state index is 11.2. The van der Waals surface area contributed by atoms with Gasteiger partial charge >= 0.3 is 0 Å². The SMILES string of the molecule is N#Cc1cc2c(N=Nc3ccc(O)c(C(N)=O)c3)snc2nc1Cl. The quantitative estimate of drug-likeness (QED) is 0.545. The van der Waals surface area contributed by atoms with E-state index in [0.29, 0.717) is 21.7 Å². The molecule has 1 aromatic carbocycles. The first-order chi connectivity index (χ1) is 11.5. The molecule has 0 bridgehead atoms. The molecule has 0 unspecified atom stereocenters. The number of rotatable bonds is 3. The summed E-state index contributed by atoms with van der Waals surface area (Å²) in [5.74, 6) is -1.01. The lowest BCUT2D eigenvalue weighted by Gasteiger charge is -2.00. The first-order valence-corrected chi connectivity index (χ1v) is 7.55. The number of azo groups is 1. The van der Waals surface area contributed by atoms with E-state index in [-0.39, 0.29) is 22.0 Å². The van der Waals surface area contributed by atoms with Crippen LogP contribution in [0.3, 0.4) is 0 Å². The normalized spacial score (nSPS) is 11.0. The molecule has 118 valence electrons. The van der Waals surface area contributed by atoms with E-state index < -0.39 is 5.91 Å². The van der Waals surface area contributed by atoms with E-state index in [1.807, 2.05) is 6.07 Å². The van der Waals surface area contributed by atoms with Gasteiger partial charge in [0.1, 0.15) is 17.0 Å². The molecule has 2 aromatic heterocycles. The number of aromatic nitrogens is 2. The minimum absolute atomic E-state index is 0.0548. The number of nitrogens with zero attached hydrogens (tertiary/aromatic N) is 5. The van der Waals surface area contributed by atoms with Gasteiger partial charge in [-0.1, -0.05) is 11.6 Å². The Bertz CT molecular complexity index is 1040. The topological polar surface area (TPSA) is 138 Å². The Balaban J connectivity index is 2.01. The zero-order valence-electron chi connectivity index (χ0n) is 11.8. The summed E-state index contributed by atoms with van der Waals surface area (Å²) in [6, 6.07) is 7.57. The van der Waals surface area contributed by atoms with E-state index in [4.69, 9.17) is 22.6 Å². The molecule has 0 atom stereocenters. The maximum atomic E-state index is 11.2. The van der Waals surface area contributed by atoms with Gasteiger partial charge in [-0.15, -0.1) is 10.2 Å². The third-order valence-electron chi connectivity index (χ3n) is 3.03. The Hall–Kier alpha value is -3.09. The lowest BCUT2D eigenvalue weighted by Crippen LogP contribution is -2.10. The molecule has 2 heterocycles. The highest BCUT2D eigenvalue weighted by Gasteiger charge is 2.12. The molecule has 24 heavy (non-hydrogen) atoms. The number of hydrogen-bond donors (Lipinski definition) is 2. The number of nitriles is 1. The van der Waals surface area contributed by atoms with Crippen LogP contribution in [0.2, 0.25) is 5.15 Å². The van der Waals surface area contributed by atoms with Crippen LogP contribution in [0.5, 0.6) is 5.75 Å². The molecule has 0 aliphatic heterocycles. The number of aromatic hydroxyl groups is 1. The van der Waals surface area contributed by atoms with Gasteiger partial charge in [0.15, 0.2) is 10.6 Å². The van der Waals surface area contributed by atoms with Crippen LogP contribution in [-0.4, -0.2) is 20.4 Å². The molecule has 0 saturated carbocycles. The number of primary amides is 1. The zero-order valence-corrected chi connectivity index (χ0v) is 13.3. The number of phenols is 1. The van der Waals surface area contributed by atoms with Gasteiger partial charge in [0.05, 0.1) is 22.2 Å². The maximum Gasteiger partial charge on any atom is 0.252 e. The van der Waals surface area contributed by atoms with E-state index in [1.54, 1.807) is 0 Å². The second-order valence-corrected chi connectivity index (χ2v) is 5.67. The van der Waals surface area contributed by atoms with Crippen molar-refractivity contribution in [1.29, 1.82) is 5.26 Å². The number of pyridine rings is 1. The van der Waals surface area contributed by atoms with Crippen LogP contribution in [-0.2, 0) is 0 Å². The van der Waals surface area contributed by atoms with E-state index in [0.717, 1.165) is 11.5 Å². The van der Waals surface area contributed by atoms with E-state index in [9.17, 15) is 9.90 Å². The fourth-order valence-corrected chi connectivity index (χ4v) is 2.70. The molecule has 3 N–H and O–H groups in total. The summed E-state index contributed by atoms with van der Waals surface area (Å²) in [6.07, 6.45) is 0. The van der Waals surface area contributed by atoms with Crippen molar-refractivity contribution in [3.05, 3.63) is 40.5 Å². The summed E-state index contributed by atoms with van der Waals surface area (Å²) < 4.78 is 4.10. The molecule has 0 spiro atoms. The Morgan fingerprint density at radius 3 is 2.88 bits per heavy atom. The first kappa shape index (κ1) is 15.8. The molecule has 3 rings (SSSR count). The van der Waals surface area contributed by atoms with Crippen LogP contribution in [0.25, 0.3) is 11.0 Å². The minimum atomic E-state index is -0.773. The second kappa shape index (κ2) is 6.19. The second-order valence-electron chi connectivity index (χ2n) is 4.56. The van der Waals surface area contributed by atoms with Crippen molar-refractivity contribution in [2.45, 2.75) is 0 Å². The lowest BCUT2D eigenvalue weighted by molar-refractivity contribution is 0.0998. The van der Waals surface area contributed by atoms with Gasteiger partial charge in [0.2, 0.25) is 0 Å². The molecule has 0 aliphatic carbocycles. The van der Waals surface area contributed by atoms with Crippen molar-refractivity contribution in [2.24, 2.45) is 16.0 Å². The standard InChI is InChI=1S/C14H7ClN6O2S/c15-11-6(5-16)3-9-13(18-11)21-24-14(9)20-19-7-1-2-10(22)8(4-7)12(17)23/h1-4,22H,(H2,17,23). The van der Waals surface area contributed by atoms with Crippen molar-refractivity contribution in [3.8, 4) is 11.8 Å². The average molecular weight is 359 g/mol. The summed E-state index contributed by atoms with van der Waals surface area (Å²) >= 11 is 6.90. The van der Waals surface area contributed by atoms with E-state index >= 15 is 0 Å². The molecule has 0 fully saturated rings. The van der Waals surface area contributed by atoms with Crippen LogP contribution >= 0.6 is 23.1 Å². The van der Waals surface area contributed by atoms with Gasteiger partial charge in [0.25, 0.3) is 5.91 Å². The summed E-state index contributed by atoms with van der Waals surface area (Å²) in [5, 5.41) is 27.7. The largest absolute Gasteiger partial charge is 0.507 e. The Labute approximate surface area is 144 Å². The number of benzene rings is 1. The number of nitrogens with two attached hydrogens (primary N) is 1. The summed E-state index contributed by atoms with van der Waals surface area (Å²) in [6.45, 7) is 0. The Morgan fingerprint density at radius 1 is 1.38 bits per heavy atom. The van der Waals surface area contributed by atoms with Gasteiger partial charge in [-0.05, 0) is 35.8 Å². The third kappa shape index (κ3) is 2.88. The van der Waals surface area contributed by atoms with Crippen LogP contribution in [0.15, 0.2) is 34.5 Å². The van der Waals surface area contributed by atoms with Gasteiger partial charge in [-0.3, -0.25) is 4.79 Å². The van der Waals surface area contributed by atoms with Crippen molar-refractivity contribution < 1.29 is 9.90 Å². The Morgan fingerprint density at radius 2 is 2.17 bits per heavy atom. The minimum Gasteiger partial charge on any atom is -0.507 e. The first-order valence-electron chi connectivity index (χ1n) is 6.40. The predicted molar refractivity (Wildman–Crippen MR) is 87.9 cm³/mol. The molecular formula is C14H7ClN6O2S. The molecule has 1 amide bonds. The highest BCUT2D eigenvalue weighted by atomic mass is 35.5. The number of fused-ring (bicyclic) bond motifs is 1. The fourth-order valence-electron chi connectivity index (χ4n) is 1.88. The van der Waals surface area contributed by atoms with E-state index in [2.05, 4.69) is 19.6 Å². The summed E-state index contributed by atoms with van der Waals surface area (Å²) in [4.78, 5) is 15.2. The summed E-state index contributed by atoms with van der Waals surface area (Å²) in [7, 11) is 0. The van der Waals surface area contributed by atoms with Crippen LogP contribution in [0.4, 0.5) is 10.7 Å². The molecular weight excluding hydrogens is 352 g/mol. The molecule has 10 heteroatoms. The Kier molecular flexibility index (Phi) is 4.07. The molecule has 0 aliphatic rings. The van der Waals surface area contributed by atoms with Gasteiger partial charge in [-0.25, -0.2) is 4.98 Å². The zero-order chi connectivity index (χ0) is 17.3. The molecule has 0 radical (unpaired) electrons.